The molecule has 0 aliphatic carbocycles. The fraction of sp³-hybridized carbons (Fsp3) is 0.556. The number of nitrogens with one attached hydrogen (secondary N) is 1. The van der Waals surface area contributed by atoms with Gasteiger partial charge in [0.25, 0.3) is 5.91 Å². The molecule has 1 aliphatic rings. The van der Waals surface area contributed by atoms with Crippen molar-refractivity contribution in [1.82, 2.24) is 10.2 Å². The number of phosphoric acid groups is 1. The molecule has 6 N–H and O–H groups in total. The molecule has 0 unspecified atom stereocenters. The number of primary amides is 1. The standard InChI is InChI=1S/C9H14N3O9P/c10-9(16)4-6(14)3(11-12-4)8-7(15)5(13)2(21-8)1-20-22(17,18)19/h2,5,7-8,13-15H,1H2,(H2,10,16)(H,11,12)(H2,17,18,19)/p-2/t2-,5-,7-,8+/m1/s1. The maximum Gasteiger partial charge on any atom is 0.270 e. The lowest BCUT2D eigenvalue weighted by molar-refractivity contribution is -0.343. The molecule has 0 bridgehead atoms. The first-order chi connectivity index (χ1) is 10.1. The Morgan fingerprint density at radius 3 is 2.59 bits per heavy atom. The van der Waals surface area contributed by atoms with Crippen LogP contribution in [0.1, 0.15) is 22.3 Å². The van der Waals surface area contributed by atoms with Crippen LogP contribution >= 0.6 is 7.82 Å². The van der Waals surface area contributed by atoms with Crippen molar-refractivity contribution in [3.63, 3.8) is 0 Å². The van der Waals surface area contributed by atoms with Crippen LogP contribution in [-0.4, -0.2) is 56.3 Å². The summed E-state index contributed by atoms with van der Waals surface area (Å²) in [5.74, 6) is -1.69. The van der Waals surface area contributed by atoms with Crippen LogP contribution < -0.4 is 15.5 Å². The zero-order valence-electron chi connectivity index (χ0n) is 10.8. The second-order valence-electron chi connectivity index (χ2n) is 4.52. The van der Waals surface area contributed by atoms with Crippen molar-refractivity contribution >= 4 is 13.7 Å². The first kappa shape index (κ1) is 16.8. The van der Waals surface area contributed by atoms with Crippen LogP contribution in [-0.2, 0) is 13.8 Å². The molecule has 1 aliphatic heterocycles. The van der Waals surface area contributed by atoms with Crippen LogP contribution in [0.25, 0.3) is 0 Å². The molecule has 1 aromatic rings. The molecule has 1 amide bonds. The number of amides is 1. The van der Waals surface area contributed by atoms with Gasteiger partial charge in [-0.05, 0) is 0 Å². The number of hydrogen-bond acceptors (Lipinski definition) is 10. The maximum atomic E-state index is 11.0. The van der Waals surface area contributed by atoms with Crippen molar-refractivity contribution < 1.29 is 43.7 Å². The molecule has 22 heavy (non-hydrogen) atoms. The zero-order chi connectivity index (χ0) is 16.7. The normalized spacial score (nSPS) is 28.9. The van der Waals surface area contributed by atoms with E-state index in [9.17, 15) is 34.5 Å². The molecule has 0 radical (unpaired) electrons. The van der Waals surface area contributed by atoms with Gasteiger partial charge in [0.15, 0.2) is 11.4 Å². The van der Waals surface area contributed by atoms with Crippen molar-refractivity contribution in [2.24, 2.45) is 5.73 Å². The lowest BCUT2D eigenvalue weighted by Gasteiger charge is -2.30. The highest BCUT2D eigenvalue weighted by Gasteiger charge is 2.46. The van der Waals surface area contributed by atoms with Crippen molar-refractivity contribution in [3.8, 4) is 5.75 Å². The number of carbonyl (C=O) groups excluding carboxylic acids is 1. The van der Waals surface area contributed by atoms with E-state index in [0.717, 1.165) is 0 Å². The van der Waals surface area contributed by atoms with Gasteiger partial charge in [-0.15, -0.1) is 0 Å². The highest BCUT2D eigenvalue weighted by molar-refractivity contribution is 7.43. The summed E-state index contributed by atoms with van der Waals surface area (Å²) in [6.45, 7) is -0.827. The van der Waals surface area contributed by atoms with Gasteiger partial charge >= 0.3 is 0 Å². The minimum atomic E-state index is -5.28. The molecule has 4 atom stereocenters. The molecule has 12 nitrogen and oxygen atoms in total. The number of aromatic amines is 1. The Labute approximate surface area is 122 Å². The van der Waals surface area contributed by atoms with E-state index in [1.54, 1.807) is 0 Å². The fourth-order valence-corrected chi connectivity index (χ4v) is 2.33. The number of nitrogens with zero attached hydrogens (tertiary/aromatic N) is 1. The molecule has 1 saturated heterocycles. The number of rotatable bonds is 5. The third-order valence-corrected chi connectivity index (χ3v) is 3.51. The number of ether oxygens (including phenoxy) is 1. The van der Waals surface area contributed by atoms with E-state index in [4.69, 9.17) is 10.5 Å². The molecular formula is C9H12N3O9P-2. The summed E-state index contributed by atoms with van der Waals surface area (Å²) < 4.78 is 19.5. The molecule has 1 fully saturated rings. The van der Waals surface area contributed by atoms with E-state index in [1.165, 1.54) is 0 Å². The zero-order valence-corrected chi connectivity index (χ0v) is 11.7. The minimum absolute atomic E-state index is 0.310. The van der Waals surface area contributed by atoms with Crippen LogP contribution in [0.15, 0.2) is 0 Å². The number of aromatic hydroxyl groups is 1. The molecule has 1 aromatic heterocycles. The molecule has 0 spiro atoms. The summed E-state index contributed by atoms with van der Waals surface area (Å²) in [4.78, 5) is 31.8. The van der Waals surface area contributed by atoms with E-state index >= 15 is 0 Å². The average molecular weight is 337 g/mol. The Balaban J connectivity index is 2.16. The predicted molar refractivity (Wildman–Crippen MR) is 62.0 cm³/mol. The number of nitrogens with two attached hydrogens (primary N) is 1. The van der Waals surface area contributed by atoms with Gasteiger partial charge < -0.3 is 44.7 Å². The van der Waals surface area contributed by atoms with Crippen molar-refractivity contribution in [2.45, 2.75) is 24.4 Å². The van der Waals surface area contributed by atoms with Crippen LogP contribution in [0.2, 0.25) is 0 Å². The van der Waals surface area contributed by atoms with E-state index in [2.05, 4.69) is 14.7 Å². The van der Waals surface area contributed by atoms with E-state index in [1.807, 2.05) is 0 Å². The molecular weight excluding hydrogens is 325 g/mol. The number of aliphatic hydroxyl groups excluding tert-OH is 2. The van der Waals surface area contributed by atoms with Gasteiger partial charge in [0, 0.05) is 0 Å². The highest BCUT2D eigenvalue weighted by atomic mass is 31.2. The molecule has 124 valence electrons. The first-order valence-corrected chi connectivity index (χ1v) is 7.33. The van der Waals surface area contributed by atoms with Gasteiger partial charge in [-0.25, -0.2) is 0 Å². The molecule has 13 heteroatoms. The van der Waals surface area contributed by atoms with Gasteiger partial charge in [-0.2, -0.15) is 5.10 Å². The summed E-state index contributed by atoms with van der Waals surface area (Å²) in [6, 6.07) is 0. The quantitative estimate of drug-likeness (QED) is 0.330. The van der Waals surface area contributed by atoms with Crippen molar-refractivity contribution in [1.29, 1.82) is 0 Å². The molecule has 0 aromatic carbocycles. The van der Waals surface area contributed by atoms with Crippen LogP contribution in [0.5, 0.6) is 5.75 Å². The van der Waals surface area contributed by atoms with Gasteiger partial charge in [-0.1, -0.05) is 0 Å². The van der Waals surface area contributed by atoms with Crippen LogP contribution in [0.3, 0.4) is 0 Å². The Kier molecular flexibility index (Phi) is 4.54. The smallest absolute Gasteiger partial charge is 0.270 e. The summed E-state index contributed by atoms with van der Waals surface area (Å²) in [6.07, 6.45) is -5.96. The summed E-state index contributed by atoms with van der Waals surface area (Å²) >= 11 is 0. The molecule has 2 heterocycles. The monoisotopic (exact) mass is 337 g/mol. The topological polar surface area (TPSA) is 214 Å². The third kappa shape index (κ3) is 3.28. The van der Waals surface area contributed by atoms with Gasteiger partial charge in [-0.3, -0.25) is 9.89 Å². The first-order valence-electron chi connectivity index (χ1n) is 5.87. The van der Waals surface area contributed by atoms with E-state index < -0.39 is 56.2 Å². The van der Waals surface area contributed by atoms with Gasteiger partial charge in [0.1, 0.15) is 30.1 Å². The number of hydrogen-bond donors (Lipinski definition) is 5. The van der Waals surface area contributed by atoms with Gasteiger partial charge in [0.2, 0.25) is 0 Å². The Morgan fingerprint density at radius 2 is 2.09 bits per heavy atom. The number of phosphoric ester groups is 1. The second kappa shape index (κ2) is 5.93. The van der Waals surface area contributed by atoms with E-state index in [-0.39, 0.29) is 5.69 Å². The Bertz CT molecular complexity index is 613. The Hall–Kier alpha value is -1.53. The highest BCUT2D eigenvalue weighted by Crippen LogP contribution is 2.38. The fourth-order valence-electron chi connectivity index (χ4n) is 2.00. The number of H-pyrrole nitrogens is 1. The van der Waals surface area contributed by atoms with E-state index in [0.29, 0.717) is 0 Å². The summed E-state index contributed by atoms with van der Waals surface area (Å²) in [7, 11) is -5.28. The summed E-state index contributed by atoms with van der Waals surface area (Å²) in [5, 5.41) is 35.0. The molecule has 2 rings (SSSR count). The number of aliphatic hydroxyl groups is 2. The van der Waals surface area contributed by atoms with Gasteiger partial charge in [0.05, 0.1) is 14.4 Å². The van der Waals surface area contributed by atoms with Crippen molar-refractivity contribution in [3.05, 3.63) is 11.4 Å². The number of carbonyl (C=O) groups is 1. The largest absolute Gasteiger partial charge is 0.790 e. The molecule has 0 saturated carbocycles. The van der Waals surface area contributed by atoms with Crippen molar-refractivity contribution in [2.75, 3.05) is 6.61 Å². The summed E-state index contributed by atoms with van der Waals surface area (Å²) in [5.41, 5.74) is 4.23. The lowest BCUT2D eigenvalue weighted by atomic mass is 10.1. The third-order valence-electron chi connectivity index (χ3n) is 3.04. The minimum Gasteiger partial charge on any atom is -0.790 e. The number of aromatic nitrogens is 2. The maximum absolute atomic E-state index is 11.0. The predicted octanol–water partition coefficient (Wildman–Crippen LogP) is -3.78. The van der Waals surface area contributed by atoms with Crippen LogP contribution in [0, 0.1) is 0 Å². The Morgan fingerprint density at radius 1 is 1.45 bits per heavy atom. The second-order valence-corrected chi connectivity index (χ2v) is 5.67. The lowest BCUT2D eigenvalue weighted by Crippen LogP contribution is -2.34. The van der Waals surface area contributed by atoms with Crippen LogP contribution in [0.4, 0.5) is 0 Å². The SMILES string of the molecule is NC(=O)c1[nH]nc([C@@H]2O[C@H](COP(=O)([O-])[O-])[C@@H](O)[C@H]2O)c1O. The average Bonchev–Trinajstić information content (AvgIpc) is 2.90.